The highest BCUT2D eigenvalue weighted by atomic mass is 79.9. The molecule has 0 aliphatic rings. The molecule has 0 fully saturated rings. The number of hydrogen-bond acceptors (Lipinski definition) is 3. The number of nitrogens with two attached hydrogens (primary N) is 2. The lowest BCUT2D eigenvalue weighted by Crippen LogP contribution is -2.36. The molecule has 0 heterocycles. The zero-order valence-electron chi connectivity index (χ0n) is 9.38. The van der Waals surface area contributed by atoms with Crippen LogP contribution in [0.15, 0.2) is 22.7 Å². The lowest BCUT2D eigenvalue weighted by atomic mass is 9.99. The van der Waals surface area contributed by atoms with Gasteiger partial charge in [0.2, 0.25) is 5.91 Å². The first kappa shape index (κ1) is 12.8. The van der Waals surface area contributed by atoms with Crippen LogP contribution in [0.2, 0.25) is 0 Å². The van der Waals surface area contributed by atoms with Crippen molar-refractivity contribution in [1.82, 2.24) is 0 Å². The van der Waals surface area contributed by atoms with Crippen LogP contribution in [0.3, 0.4) is 0 Å². The molecule has 1 rings (SSSR count). The largest absolute Gasteiger partial charge is 0.397 e. The molecule has 0 radical (unpaired) electrons. The van der Waals surface area contributed by atoms with Crippen molar-refractivity contribution < 1.29 is 4.79 Å². The van der Waals surface area contributed by atoms with Crippen LogP contribution in [0, 0.1) is 0 Å². The van der Waals surface area contributed by atoms with Crippen LogP contribution in [0.25, 0.3) is 0 Å². The molecule has 5 N–H and O–H groups in total. The van der Waals surface area contributed by atoms with E-state index in [4.69, 9.17) is 11.5 Å². The molecule has 1 aromatic rings. The fourth-order valence-corrected chi connectivity index (χ4v) is 1.84. The normalized spacial score (nSPS) is 11.2. The second-order valence-corrected chi connectivity index (χ2v) is 5.30. The van der Waals surface area contributed by atoms with E-state index in [9.17, 15) is 4.79 Å². The topological polar surface area (TPSA) is 81.1 Å². The molecule has 0 saturated carbocycles. The van der Waals surface area contributed by atoms with Crippen molar-refractivity contribution in [2.45, 2.75) is 25.8 Å². The van der Waals surface area contributed by atoms with Crippen molar-refractivity contribution in [1.29, 1.82) is 0 Å². The number of rotatable bonds is 4. The summed E-state index contributed by atoms with van der Waals surface area (Å²) in [5.41, 5.74) is 12.0. The number of carbonyl (C=O) groups is 1. The number of benzene rings is 1. The number of nitrogen functional groups attached to an aromatic ring is 1. The SMILES string of the molecule is CC(C)(CC(N)=O)Nc1cc(Br)ccc1N. The molecule has 0 atom stereocenters. The van der Waals surface area contributed by atoms with Gasteiger partial charge < -0.3 is 16.8 Å². The van der Waals surface area contributed by atoms with Gasteiger partial charge in [0.05, 0.1) is 11.4 Å². The highest BCUT2D eigenvalue weighted by Gasteiger charge is 2.21. The Bertz CT molecular complexity index is 404. The summed E-state index contributed by atoms with van der Waals surface area (Å²) < 4.78 is 0.930. The fourth-order valence-electron chi connectivity index (χ4n) is 1.48. The maximum atomic E-state index is 10.9. The number of carbonyl (C=O) groups excluding carboxylic acids is 1. The fraction of sp³-hybridized carbons (Fsp3) is 0.364. The highest BCUT2D eigenvalue weighted by Crippen LogP contribution is 2.27. The second-order valence-electron chi connectivity index (χ2n) is 4.38. The Labute approximate surface area is 104 Å². The first-order chi connectivity index (χ1) is 7.30. The molecular weight excluding hydrogens is 270 g/mol. The standard InChI is InChI=1S/C11H16BrN3O/c1-11(2,6-10(14)16)15-9-5-7(12)3-4-8(9)13/h3-5,15H,6,13H2,1-2H3,(H2,14,16). The van der Waals surface area contributed by atoms with Gasteiger partial charge in [0.15, 0.2) is 0 Å². The Balaban J connectivity index is 2.86. The number of primary amides is 1. The Kier molecular flexibility index (Phi) is 3.80. The molecule has 0 unspecified atom stereocenters. The van der Waals surface area contributed by atoms with Gasteiger partial charge in [-0.25, -0.2) is 0 Å². The van der Waals surface area contributed by atoms with Gasteiger partial charge in [0, 0.05) is 16.4 Å². The van der Waals surface area contributed by atoms with E-state index >= 15 is 0 Å². The van der Waals surface area contributed by atoms with Crippen LogP contribution in [0.5, 0.6) is 0 Å². The van der Waals surface area contributed by atoms with Gasteiger partial charge in [0.1, 0.15) is 0 Å². The minimum atomic E-state index is -0.416. The number of amides is 1. The zero-order chi connectivity index (χ0) is 12.3. The maximum Gasteiger partial charge on any atom is 0.219 e. The average Bonchev–Trinajstić information content (AvgIpc) is 2.08. The van der Waals surface area contributed by atoms with Crippen LogP contribution in [0.4, 0.5) is 11.4 Å². The lowest BCUT2D eigenvalue weighted by molar-refractivity contribution is -0.118. The van der Waals surface area contributed by atoms with Crippen LogP contribution >= 0.6 is 15.9 Å². The van der Waals surface area contributed by atoms with Crippen LogP contribution in [-0.2, 0) is 4.79 Å². The first-order valence-corrected chi connectivity index (χ1v) is 5.71. The average molecular weight is 286 g/mol. The third-order valence-electron chi connectivity index (χ3n) is 2.10. The summed E-state index contributed by atoms with van der Waals surface area (Å²) in [6, 6.07) is 5.53. The van der Waals surface area contributed by atoms with Gasteiger partial charge in [-0.15, -0.1) is 0 Å². The van der Waals surface area contributed by atoms with Crippen molar-refractivity contribution in [3.8, 4) is 0 Å². The predicted octanol–water partition coefficient (Wildman–Crippen LogP) is 2.10. The molecule has 1 aromatic carbocycles. The summed E-state index contributed by atoms with van der Waals surface area (Å²) in [5.74, 6) is -0.342. The van der Waals surface area contributed by atoms with Gasteiger partial charge >= 0.3 is 0 Å². The van der Waals surface area contributed by atoms with Crippen molar-refractivity contribution in [2.75, 3.05) is 11.1 Å². The van der Waals surface area contributed by atoms with Crippen molar-refractivity contribution in [3.63, 3.8) is 0 Å². The smallest absolute Gasteiger partial charge is 0.219 e. The zero-order valence-corrected chi connectivity index (χ0v) is 11.0. The molecule has 16 heavy (non-hydrogen) atoms. The maximum absolute atomic E-state index is 10.9. The van der Waals surface area contributed by atoms with Gasteiger partial charge in [-0.05, 0) is 32.0 Å². The summed E-state index contributed by atoms with van der Waals surface area (Å²) in [7, 11) is 0. The summed E-state index contributed by atoms with van der Waals surface area (Å²) in [5, 5.41) is 3.20. The molecule has 5 heteroatoms. The number of halogens is 1. The molecular formula is C11H16BrN3O. The van der Waals surface area contributed by atoms with Crippen molar-refractivity contribution in [3.05, 3.63) is 22.7 Å². The molecule has 1 amide bonds. The summed E-state index contributed by atoms with van der Waals surface area (Å²) in [4.78, 5) is 10.9. The Hall–Kier alpha value is -1.23. The summed E-state index contributed by atoms with van der Waals surface area (Å²) >= 11 is 3.37. The minimum Gasteiger partial charge on any atom is -0.397 e. The molecule has 0 aliphatic carbocycles. The Morgan fingerprint density at radius 2 is 2.12 bits per heavy atom. The molecule has 0 aliphatic heterocycles. The Morgan fingerprint density at radius 3 is 2.69 bits per heavy atom. The van der Waals surface area contributed by atoms with E-state index in [0.29, 0.717) is 5.69 Å². The van der Waals surface area contributed by atoms with E-state index in [1.165, 1.54) is 0 Å². The highest BCUT2D eigenvalue weighted by molar-refractivity contribution is 9.10. The van der Waals surface area contributed by atoms with Gasteiger partial charge in [0.25, 0.3) is 0 Å². The van der Waals surface area contributed by atoms with Gasteiger partial charge in [-0.3, -0.25) is 4.79 Å². The molecule has 0 saturated heterocycles. The minimum absolute atomic E-state index is 0.249. The Morgan fingerprint density at radius 1 is 1.50 bits per heavy atom. The third kappa shape index (κ3) is 3.73. The molecule has 0 spiro atoms. The second kappa shape index (κ2) is 4.74. The van der Waals surface area contributed by atoms with Crippen LogP contribution in [-0.4, -0.2) is 11.4 Å². The monoisotopic (exact) mass is 285 g/mol. The van der Waals surface area contributed by atoms with E-state index < -0.39 is 5.54 Å². The summed E-state index contributed by atoms with van der Waals surface area (Å²) in [6.07, 6.45) is 0.249. The van der Waals surface area contributed by atoms with E-state index in [1.54, 1.807) is 6.07 Å². The lowest BCUT2D eigenvalue weighted by Gasteiger charge is -2.27. The molecule has 0 aromatic heterocycles. The number of nitrogens with one attached hydrogen (secondary N) is 1. The first-order valence-electron chi connectivity index (χ1n) is 4.92. The van der Waals surface area contributed by atoms with E-state index in [-0.39, 0.29) is 12.3 Å². The molecule has 4 nitrogen and oxygen atoms in total. The predicted molar refractivity (Wildman–Crippen MR) is 70.1 cm³/mol. The number of anilines is 2. The number of hydrogen-bond donors (Lipinski definition) is 3. The third-order valence-corrected chi connectivity index (χ3v) is 2.60. The van der Waals surface area contributed by atoms with Crippen LogP contribution < -0.4 is 16.8 Å². The quantitative estimate of drug-likeness (QED) is 0.741. The molecule has 88 valence electrons. The summed E-state index contributed by atoms with van der Waals surface area (Å²) in [6.45, 7) is 3.80. The van der Waals surface area contributed by atoms with E-state index in [2.05, 4.69) is 21.2 Å². The van der Waals surface area contributed by atoms with Gasteiger partial charge in [-0.1, -0.05) is 15.9 Å². The van der Waals surface area contributed by atoms with Gasteiger partial charge in [-0.2, -0.15) is 0 Å². The van der Waals surface area contributed by atoms with E-state index in [1.807, 2.05) is 26.0 Å². The van der Waals surface area contributed by atoms with Crippen LogP contribution in [0.1, 0.15) is 20.3 Å². The van der Waals surface area contributed by atoms with Crippen molar-refractivity contribution in [2.24, 2.45) is 5.73 Å². The molecule has 0 bridgehead atoms. The van der Waals surface area contributed by atoms with Crippen molar-refractivity contribution >= 4 is 33.2 Å². The van der Waals surface area contributed by atoms with E-state index in [0.717, 1.165) is 10.2 Å².